The Balaban J connectivity index is 2.07. The van der Waals surface area contributed by atoms with Crippen LogP contribution in [0.25, 0.3) is 0 Å². The number of hydrogen-bond donors (Lipinski definition) is 2. The maximum absolute atomic E-state index is 12.8. The number of benzene rings is 2. The summed E-state index contributed by atoms with van der Waals surface area (Å²) in [4.78, 5) is 37.9. The van der Waals surface area contributed by atoms with Gasteiger partial charge in [-0.1, -0.05) is 56.7 Å². The molecule has 0 fully saturated rings. The molecule has 0 heterocycles. The number of hydrogen-bond acceptors (Lipinski definition) is 4. The van der Waals surface area contributed by atoms with E-state index in [1.807, 2.05) is 52.0 Å². The van der Waals surface area contributed by atoms with Gasteiger partial charge in [-0.15, -0.1) is 0 Å². The topological polar surface area (TPSA) is 84.5 Å². The molecule has 2 rings (SSSR count). The Hall–Kier alpha value is -3.15. The molecule has 160 valence electrons. The first-order valence-corrected chi connectivity index (χ1v) is 10.2. The van der Waals surface area contributed by atoms with Gasteiger partial charge in [0.15, 0.2) is 6.10 Å². The molecule has 30 heavy (non-hydrogen) atoms. The maximum Gasteiger partial charge on any atom is 0.329 e. The molecule has 0 radical (unpaired) electrons. The van der Waals surface area contributed by atoms with E-state index >= 15 is 0 Å². The smallest absolute Gasteiger partial charge is 0.329 e. The normalized spacial score (nSPS) is 13.6. The number of anilines is 1. The van der Waals surface area contributed by atoms with E-state index in [0.29, 0.717) is 17.7 Å². The third-order valence-electron chi connectivity index (χ3n) is 5.18. The van der Waals surface area contributed by atoms with Gasteiger partial charge in [-0.05, 0) is 49.9 Å². The van der Waals surface area contributed by atoms with Crippen molar-refractivity contribution >= 4 is 23.5 Å². The molecule has 0 aliphatic carbocycles. The molecule has 2 amide bonds. The molecule has 0 unspecified atom stereocenters. The Bertz CT molecular complexity index is 875. The number of aryl methyl sites for hydroxylation is 2. The summed E-state index contributed by atoms with van der Waals surface area (Å²) < 4.78 is 5.42. The quantitative estimate of drug-likeness (QED) is 0.644. The summed E-state index contributed by atoms with van der Waals surface area (Å²) in [5.74, 6) is -1.56. The van der Waals surface area contributed by atoms with E-state index in [9.17, 15) is 14.4 Å². The molecule has 2 N–H and O–H groups in total. The summed E-state index contributed by atoms with van der Waals surface area (Å²) in [6.07, 6.45) is -0.339. The van der Waals surface area contributed by atoms with Crippen LogP contribution < -0.4 is 10.6 Å². The highest BCUT2D eigenvalue weighted by atomic mass is 16.5. The predicted octanol–water partition coefficient (Wildman–Crippen LogP) is 4.02. The standard InChI is InChI=1S/C24H30N2O4/c1-6-15(2)21(26-23(28)19-13-8-7-9-14-19)24(29)30-18(5)22(27)25-20-16(3)11-10-12-17(20)4/h7-15,18,21H,6H2,1-5H3,(H,25,27)(H,26,28)/t15-,18-,21-/m0/s1. The van der Waals surface area contributed by atoms with E-state index in [1.165, 1.54) is 6.92 Å². The van der Waals surface area contributed by atoms with Crippen LogP contribution in [0.5, 0.6) is 0 Å². The van der Waals surface area contributed by atoms with Crippen molar-refractivity contribution in [3.8, 4) is 0 Å². The van der Waals surface area contributed by atoms with E-state index in [1.54, 1.807) is 24.3 Å². The monoisotopic (exact) mass is 410 g/mol. The van der Waals surface area contributed by atoms with E-state index < -0.39 is 24.0 Å². The molecule has 6 nitrogen and oxygen atoms in total. The molecule has 0 aliphatic heterocycles. The van der Waals surface area contributed by atoms with Crippen molar-refractivity contribution in [2.75, 3.05) is 5.32 Å². The molecular formula is C24H30N2O4. The highest BCUT2D eigenvalue weighted by Crippen LogP contribution is 2.20. The minimum absolute atomic E-state index is 0.154. The number of nitrogens with one attached hydrogen (secondary N) is 2. The second kappa shape index (κ2) is 10.6. The molecule has 2 aromatic carbocycles. The fourth-order valence-corrected chi connectivity index (χ4v) is 3.02. The zero-order valence-electron chi connectivity index (χ0n) is 18.2. The van der Waals surface area contributed by atoms with Crippen LogP contribution in [0.1, 0.15) is 48.7 Å². The Kier molecular flexibility index (Phi) is 8.16. The van der Waals surface area contributed by atoms with Gasteiger partial charge in [0.2, 0.25) is 0 Å². The fourth-order valence-electron chi connectivity index (χ4n) is 3.02. The highest BCUT2D eigenvalue weighted by molar-refractivity contribution is 5.98. The van der Waals surface area contributed by atoms with Crippen LogP contribution in [0, 0.1) is 19.8 Å². The third-order valence-corrected chi connectivity index (χ3v) is 5.18. The summed E-state index contributed by atoms with van der Waals surface area (Å²) in [7, 11) is 0. The Morgan fingerprint density at radius 2 is 1.53 bits per heavy atom. The van der Waals surface area contributed by atoms with Crippen molar-refractivity contribution < 1.29 is 19.1 Å². The molecule has 0 bridgehead atoms. The predicted molar refractivity (Wildman–Crippen MR) is 117 cm³/mol. The van der Waals surface area contributed by atoms with Crippen LogP contribution in [0.15, 0.2) is 48.5 Å². The summed E-state index contributed by atoms with van der Waals surface area (Å²) in [5.41, 5.74) is 3.02. The molecule has 3 atom stereocenters. The largest absolute Gasteiger partial charge is 0.451 e. The van der Waals surface area contributed by atoms with Gasteiger partial charge >= 0.3 is 5.97 Å². The number of esters is 1. The molecule has 6 heteroatoms. The molecule has 0 saturated carbocycles. The lowest BCUT2D eigenvalue weighted by molar-refractivity contribution is -0.156. The first kappa shape index (κ1) is 23.1. The lowest BCUT2D eigenvalue weighted by atomic mass is 9.98. The third kappa shape index (κ3) is 5.92. The second-order valence-electron chi connectivity index (χ2n) is 7.54. The lowest BCUT2D eigenvalue weighted by Crippen LogP contribution is -2.47. The zero-order valence-corrected chi connectivity index (χ0v) is 18.2. The van der Waals surface area contributed by atoms with Gasteiger partial charge in [0.05, 0.1) is 0 Å². The summed E-state index contributed by atoms with van der Waals surface area (Å²) in [6.45, 7) is 9.11. The second-order valence-corrected chi connectivity index (χ2v) is 7.54. The van der Waals surface area contributed by atoms with Gasteiger partial charge in [-0.3, -0.25) is 9.59 Å². The molecular weight excluding hydrogens is 380 g/mol. The van der Waals surface area contributed by atoms with Crippen LogP contribution in [-0.4, -0.2) is 29.9 Å². The Morgan fingerprint density at radius 3 is 2.10 bits per heavy atom. The van der Waals surface area contributed by atoms with Crippen molar-refractivity contribution in [2.45, 2.75) is 53.2 Å². The number of para-hydroxylation sites is 1. The van der Waals surface area contributed by atoms with Crippen molar-refractivity contribution in [3.63, 3.8) is 0 Å². The lowest BCUT2D eigenvalue weighted by Gasteiger charge is -2.24. The number of carbonyl (C=O) groups is 3. The number of amides is 2. The summed E-state index contributed by atoms with van der Waals surface area (Å²) in [5, 5.41) is 5.58. The first-order chi connectivity index (χ1) is 14.2. The number of carbonyl (C=O) groups excluding carboxylic acids is 3. The van der Waals surface area contributed by atoms with Crippen molar-refractivity contribution in [1.82, 2.24) is 5.32 Å². The average molecular weight is 411 g/mol. The van der Waals surface area contributed by atoms with Crippen LogP contribution in [0.3, 0.4) is 0 Å². The minimum atomic E-state index is -1.00. The Morgan fingerprint density at radius 1 is 0.933 bits per heavy atom. The minimum Gasteiger partial charge on any atom is -0.451 e. The summed E-state index contributed by atoms with van der Waals surface area (Å²) in [6, 6.07) is 13.5. The van der Waals surface area contributed by atoms with Crippen LogP contribution in [-0.2, 0) is 14.3 Å². The molecule has 2 aromatic rings. The Labute approximate surface area is 178 Å². The van der Waals surface area contributed by atoms with Gasteiger partial charge < -0.3 is 15.4 Å². The molecule has 0 saturated heterocycles. The van der Waals surface area contributed by atoms with E-state index in [-0.39, 0.29) is 11.8 Å². The SMILES string of the molecule is CC[C@H](C)[C@H](NC(=O)c1ccccc1)C(=O)O[C@@H](C)C(=O)Nc1c(C)cccc1C. The van der Waals surface area contributed by atoms with Crippen LogP contribution >= 0.6 is 0 Å². The average Bonchev–Trinajstić information content (AvgIpc) is 2.74. The van der Waals surface area contributed by atoms with Crippen LogP contribution in [0.4, 0.5) is 5.69 Å². The van der Waals surface area contributed by atoms with Gasteiger partial charge in [0, 0.05) is 11.3 Å². The van der Waals surface area contributed by atoms with Gasteiger partial charge in [0.1, 0.15) is 6.04 Å². The van der Waals surface area contributed by atoms with E-state index in [2.05, 4.69) is 10.6 Å². The summed E-state index contributed by atoms with van der Waals surface area (Å²) >= 11 is 0. The molecule has 0 aromatic heterocycles. The first-order valence-electron chi connectivity index (χ1n) is 10.2. The maximum atomic E-state index is 12.8. The van der Waals surface area contributed by atoms with Gasteiger partial charge in [-0.2, -0.15) is 0 Å². The van der Waals surface area contributed by atoms with Crippen molar-refractivity contribution in [1.29, 1.82) is 0 Å². The van der Waals surface area contributed by atoms with Gasteiger partial charge in [-0.25, -0.2) is 4.79 Å². The van der Waals surface area contributed by atoms with Crippen LogP contribution in [0.2, 0.25) is 0 Å². The van der Waals surface area contributed by atoms with Crippen molar-refractivity contribution in [3.05, 3.63) is 65.2 Å². The molecule has 0 aliphatic rings. The van der Waals surface area contributed by atoms with E-state index in [4.69, 9.17) is 4.74 Å². The number of rotatable bonds is 8. The molecule has 0 spiro atoms. The van der Waals surface area contributed by atoms with Gasteiger partial charge in [0.25, 0.3) is 11.8 Å². The van der Waals surface area contributed by atoms with E-state index in [0.717, 1.165) is 11.1 Å². The van der Waals surface area contributed by atoms with Crippen molar-refractivity contribution in [2.24, 2.45) is 5.92 Å². The fraction of sp³-hybridized carbons (Fsp3) is 0.375. The highest BCUT2D eigenvalue weighted by Gasteiger charge is 2.30. The number of ether oxygens (including phenoxy) is 1. The zero-order chi connectivity index (χ0) is 22.3.